The smallest absolute Gasteiger partial charge is 0.340 e. The average Bonchev–Trinajstić information content (AvgIpc) is 3.68. The van der Waals surface area contributed by atoms with E-state index >= 15 is 0 Å². The third-order valence-corrected chi connectivity index (χ3v) is 7.34. The van der Waals surface area contributed by atoms with Crippen LogP contribution in [0.3, 0.4) is 0 Å². The van der Waals surface area contributed by atoms with E-state index in [1.165, 1.54) is 24.1 Å². The number of hydrogen-bond donors (Lipinski definition) is 1. The molecule has 1 aliphatic carbocycles. The number of nitrogens with two attached hydrogens (primary N) is 1. The number of halogens is 1. The fraction of sp³-hybridized carbons (Fsp3) is 0.250. The second-order valence-corrected chi connectivity index (χ2v) is 9.55. The Bertz CT molecular complexity index is 1570. The SMILES string of the molecule is COC(=O)C1=C(N)Oc2cc(C)n(C3CC3)c(=O)c2C12C(=O)N(Cc1ccc(F)cc1)c1ccccc12. The van der Waals surface area contributed by atoms with E-state index in [0.717, 1.165) is 12.8 Å². The van der Waals surface area contributed by atoms with Gasteiger partial charge in [0.1, 0.15) is 22.6 Å². The van der Waals surface area contributed by atoms with E-state index < -0.39 is 28.7 Å². The van der Waals surface area contributed by atoms with Gasteiger partial charge >= 0.3 is 5.97 Å². The molecule has 1 saturated carbocycles. The number of nitrogens with zero attached hydrogens (tertiary/aromatic N) is 2. The lowest BCUT2D eigenvalue weighted by Gasteiger charge is -2.36. The molecule has 1 atom stereocenters. The normalized spacial score (nSPS) is 20.1. The van der Waals surface area contributed by atoms with E-state index in [4.69, 9.17) is 15.2 Å². The average molecular weight is 502 g/mol. The van der Waals surface area contributed by atoms with Crippen LogP contribution >= 0.6 is 0 Å². The summed E-state index contributed by atoms with van der Waals surface area (Å²) in [6.07, 6.45) is 1.69. The van der Waals surface area contributed by atoms with Crippen molar-refractivity contribution >= 4 is 17.6 Å². The third kappa shape index (κ3) is 3.16. The molecule has 8 nitrogen and oxygen atoms in total. The van der Waals surface area contributed by atoms with Gasteiger partial charge < -0.3 is 24.7 Å². The van der Waals surface area contributed by atoms with Crippen molar-refractivity contribution in [1.29, 1.82) is 0 Å². The number of carbonyl (C=O) groups excluding carboxylic acids is 2. The van der Waals surface area contributed by atoms with Crippen LogP contribution in [-0.2, 0) is 26.3 Å². The van der Waals surface area contributed by atoms with Gasteiger partial charge in [-0.1, -0.05) is 30.3 Å². The highest BCUT2D eigenvalue weighted by atomic mass is 19.1. The molecule has 188 valence electrons. The molecule has 1 unspecified atom stereocenters. The van der Waals surface area contributed by atoms with Crippen molar-refractivity contribution in [2.75, 3.05) is 12.0 Å². The van der Waals surface area contributed by atoms with Crippen LogP contribution in [0.2, 0.25) is 0 Å². The molecule has 2 N–H and O–H groups in total. The first-order chi connectivity index (χ1) is 17.8. The molecule has 2 aromatic carbocycles. The van der Waals surface area contributed by atoms with Crippen LogP contribution in [0.5, 0.6) is 5.75 Å². The lowest BCUT2D eigenvalue weighted by Crippen LogP contribution is -2.52. The molecule has 1 aromatic heterocycles. The Morgan fingerprint density at radius 2 is 1.86 bits per heavy atom. The number of para-hydroxylation sites is 1. The predicted octanol–water partition coefficient (Wildman–Crippen LogP) is 3.20. The van der Waals surface area contributed by atoms with Crippen LogP contribution in [0.25, 0.3) is 0 Å². The lowest BCUT2D eigenvalue weighted by molar-refractivity contribution is -0.138. The Labute approximate surface area is 211 Å². The number of pyridine rings is 1. The monoisotopic (exact) mass is 501 g/mol. The van der Waals surface area contributed by atoms with Crippen molar-refractivity contribution < 1.29 is 23.5 Å². The van der Waals surface area contributed by atoms with Crippen molar-refractivity contribution in [2.24, 2.45) is 5.73 Å². The van der Waals surface area contributed by atoms with Crippen LogP contribution in [0, 0.1) is 12.7 Å². The van der Waals surface area contributed by atoms with Crippen LogP contribution in [0.1, 0.15) is 41.3 Å². The van der Waals surface area contributed by atoms with Crippen molar-refractivity contribution in [3.8, 4) is 5.75 Å². The minimum atomic E-state index is -1.87. The highest BCUT2D eigenvalue weighted by Crippen LogP contribution is 2.55. The molecule has 1 spiro atoms. The zero-order valence-electron chi connectivity index (χ0n) is 20.3. The lowest BCUT2D eigenvalue weighted by atomic mass is 9.68. The van der Waals surface area contributed by atoms with Gasteiger partial charge in [0, 0.05) is 29.1 Å². The summed E-state index contributed by atoms with van der Waals surface area (Å²) in [4.78, 5) is 43.5. The Morgan fingerprint density at radius 3 is 2.54 bits per heavy atom. The second-order valence-electron chi connectivity index (χ2n) is 9.55. The summed E-state index contributed by atoms with van der Waals surface area (Å²) < 4.78 is 26.1. The summed E-state index contributed by atoms with van der Waals surface area (Å²) in [6, 6.07) is 14.5. The molecule has 0 bridgehead atoms. The van der Waals surface area contributed by atoms with E-state index in [2.05, 4.69) is 0 Å². The van der Waals surface area contributed by atoms with Gasteiger partial charge in [0.05, 0.1) is 19.2 Å². The summed E-state index contributed by atoms with van der Waals surface area (Å²) in [5.41, 5.74) is 6.13. The molecule has 6 rings (SSSR count). The van der Waals surface area contributed by atoms with Gasteiger partial charge in [-0.2, -0.15) is 0 Å². The van der Waals surface area contributed by atoms with Gasteiger partial charge in [-0.25, -0.2) is 9.18 Å². The number of fused-ring (bicyclic) bond motifs is 4. The summed E-state index contributed by atoms with van der Waals surface area (Å²) >= 11 is 0. The number of methoxy groups -OCH3 is 1. The number of rotatable bonds is 4. The molecule has 2 aliphatic heterocycles. The van der Waals surface area contributed by atoms with Gasteiger partial charge in [0.15, 0.2) is 0 Å². The largest absolute Gasteiger partial charge is 0.465 e. The van der Waals surface area contributed by atoms with Crippen LogP contribution in [0.4, 0.5) is 10.1 Å². The van der Waals surface area contributed by atoms with E-state index in [1.807, 2.05) is 0 Å². The Kier molecular flexibility index (Phi) is 5.01. The van der Waals surface area contributed by atoms with Crippen molar-refractivity contribution in [2.45, 2.75) is 37.8 Å². The summed E-state index contributed by atoms with van der Waals surface area (Å²) in [5, 5.41) is 0. The van der Waals surface area contributed by atoms with Gasteiger partial charge in [0.25, 0.3) is 5.56 Å². The minimum absolute atomic E-state index is 0.0155. The van der Waals surface area contributed by atoms with Crippen LogP contribution in [-0.4, -0.2) is 23.6 Å². The standard InChI is InChI=1S/C28H24FN3O5/c1-15-13-21-22(25(33)32(15)18-11-12-18)28(23(24(30)37-21)26(34)36-2)19-5-3-4-6-20(19)31(27(28)35)14-16-7-9-17(29)10-8-16/h3-10,13,18H,11-12,14,30H2,1-2H3. The number of aromatic nitrogens is 1. The molecule has 3 heterocycles. The molecule has 0 radical (unpaired) electrons. The first kappa shape index (κ1) is 23.0. The number of hydrogen-bond acceptors (Lipinski definition) is 6. The van der Waals surface area contributed by atoms with Gasteiger partial charge in [-0.15, -0.1) is 0 Å². The highest BCUT2D eigenvalue weighted by Gasteiger charge is 2.62. The van der Waals surface area contributed by atoms with Crippen molar-refractivity contribution in [1.82, 2.24) is 4.57 Å². The third-order valence-electron chi connectivity index (χ3n) is 7.34. The molecule has 3 aliphatic rings. The number of esters is 1. The molecular weight excluding hydrogens is 477 g/mol. The van der Waals surface area contributed by atoms with Crippen molar-refractivity contribution in [3.63, 3.8) is 0 Å². The topological polar surface area (TPSA) is 104 Å². The van der Waals surface area contributed by atoms with Crippen molar-refractivity contribution in [3.05, 3.63) is 105 Å². The maximum atomic E-state index is 14.6. The Balaban J connectivity index is 1.67. The quantitative estimate of drug-likeness (QED) is 0.551. The minimum Gasteiger partial charge on any atom is -0.465 e. The number of anilines is 1. The number of benzene rings is 2. The van der Waals surface area contributed by atoms with Gasteiger partial charge in [0.2, 0.25) is 11.8 Å². The Morgan fingerprint density at radius 1 is 1.16 bits per heavy atom. The van der Waals surface area contributed by atoms with E-state index in [1.54, 1.807) is 54.0 Å². The molecule has 0 saturated heterocycles. The molecule has 9 heteroatoms. The second kappa shape index (κ2) is 8.06. The van der Waals surface area contributed by atoms with Crippen LogP contribution < -0.4 is 20.9 Å². The fourth-order valence-electron chi connectivity index (χ4n) is 5.63. The molecular formula is C28H24FN3O5. The first-order valence-electron chi connectivity index (χ1n) is 12.0. The summed E-state index contributed by atoms with van der Waals surface area (Å²) in [5.74, 6) is -1.96. The fourth-order valence-corrected chi connectivity index (χ4v) is 5.63. The van der Waals surface area contributed by atoms with E-state index in [9.17, 15) is 18.8 Å². The number of ether oxygens (including phenoxy) is 2. The molecule has 3 aromatic rings. The number of aryl methyl sites for hydroxylation is 1. The predicted molar refractivity (Wildman–Crippen MR) is 132 cm³/mol. The number of amides is 1. The van der Waals surface area contributed by atoms with E-state index in [-0.39, 0.29) is 35.4 Å². The first-order valence-corrected chi connectivity index (χ1v) is 12.0. The number of carbonyl (C=O) groups is 2. The maximum absolute atomic E-state index is 14.6. The van der Waals surface area contributed by atoms with E-state index in [0.29, 0.717) is 22.5 Å². The zero-order chi connectivity index (χ0) is 26.1. The maximum Gasteiger partial charge on any atom is 0.340 e. The molecule has 37 heavy (non-hydrogen) atoms. The molecule has 1 fully saturated rings. The summed E-state index contributed by atoms with van der Waals surface area (Å²) in [7, 11) is 1.19. The van der Waals surface area contributed by atoms with Gasteiger partial charge in [-0.3, -0.25) is 9.59 Å². The van der Waals surface area contributed by atoms with Crippen LogP contribution in [0.15, 0.2) is 70.8 Å². The van der Waals surface area contributed by atoms with Gasteiger partial charge in [-0.05, 0) is 43.5 Å². The zero-order valence-corrected chi connectivity index (χ0v) is 20.3. The molecule has 1 amide bonds. The highest BCUT2D eigenvalue weighted by molar-refractivity contribution is 6.18. The Hall–Kier alpha value is -4.40. The summed E-state index contributed by atoms with van der Waals surface area (Å²) in [6.45, 7) is 1.89.